The fourth-order valence-corrected chi connectivity index (χ4v) is 1.89. The minimum atomic E-state index is 0.226. The van der Waals surface area contributed by atoms with Crippen molar-refractivity contribution in [2.45, 2.75) is 32.1 Å². The highest BCUT2D eigenvalue weighted by molar-refractivity contribution is 5.87. The summed E-state index contributed by atoms with van der Waals surface area (Å²) in [6.45, 7) is 1.93. The summed E-state index contributed by atoms with van der Waals surface area (Å²) in [5.41, 5.74) is 0. The van der Waals surface area contributed by atoms with Crippen molar-refractivity contribution < 1.29 is 4.79 Å². The molecule has 2 rings (SSSR count). The largest absolute Gasteiger partial charge is 0.339 e. The van der Waals surface area contributed by atoms with Crippen LogP contribution in [0.25, 0.3) is 0 Å². The van der Waals surface area contributed by atoms with Gasteiger partial charge in [0.05, 0.1) is 0 Å². The van der Waals surface area contributed by atoms with Crippen LogP contribution >= 0.6 is 0 Å². The quantitative estimate of drug-likeness (QED) is 0.593. The molecule has 0 N–H and O–H groups in total. The zero-order valence-corrected chi connectivity index (χ0v) is 8.04. The molecule has 2 nitrogen and oxygen atoms in total. The van der Waals surface area contributed by atoms with Crippen molar-refractivity contribution in [1.82, 2.24) is 4.90 Å². The zero-order valence-electron chi connectivity index (χ0n) is 8.04. The van der Waals surface area contributed by atoms with Crippen molar-refractivity contribution >= 4 is 5.91 Å². The van der Waals surface area contributed by atoms with Gasteiger partial charge in [-0.25, -0.2) is 0 Å². The molecule has 1 aliphatic heterocycles. The fourth-order valence-electron chi connectivity index (χ4n) is 1.89. The average molecular weight is 179 g/mol. The molecule has 72 valence electrons. The molecule has 2 fully saturated rings. The first-order chi connectivity index (χ1) is 6.36. The lowest BCUT2D eigenvalue weighted by Gasteiger charge is -2.21. The number of hydrogen-bond donors (Lipinski definition) is 0. The molecule has 0 atom stereocenters. The highest BCUT2D eigenvalue weighted by atomic mass is 16.2. The molecule has 1 aliphatic carbocycles. The Balaban J connectivity index is 1.79. The van der Waals surface area contributed by atoms with Gasteiger partial charge in [-0.2, -0.15) is 0 Å². The van der Waals surface area contributed by atoms with Gasteiger partial charge >= 0.3 is 0 Å². The first kappa shape index (κ1) is 8.79. The summed E-state index contributed by atoms with van der Waals surface area (Å²) >= 11 is 0. The van der Waals surface area contributed by atoms with Crippen molar-refractivity contribution in [2.75, 3.05) is 13.1 Å². The van der Waals surface area contributed by atoms with E-state index >= 15 is 0 Å². The van der Waals surface area contributed by atoms with Gasteiger partial charge in [-0.05, 0) is 37.7 Å². The van der Waals surface area contributed by atoms with Gasteiger partial charge in [0.15, 0.2) is 0 Å². The molecule has 0 unspecified atom stereocenters. The molecule has 0 aromatic carbocycles. The molecule has 1 saturated carbocycles. The van der Waals surface area contributed by atoms with Crippen molar-refractivity contribution in [2.24, 2.45) is 5.92 Å². The second kappa shape index (κ2) is 3.95. The lowest BCUT2D eigenvalue weighted by Crippen LogP contribution is -2.25. The van der Waals surface area contributed by atoms with Crippen molar-refractivity contribution in [3.05, 3.63) is 12.2 Å². The Morgan fingerprint density at radius 1 is 1.15 bits per heavy atom. The van der Waals surface area contributed by atoms with E-state index in [2.05, 4.69) is 6.08 Å². The van der Waals surface area contributed by atoms with E-state index in [1.807, 2.05) is 4.90 Å². The molecule has 13 heavy (non-hydrogen) atoms. The van der Waals surface area contributed by atoms with Gasteiger partial charge in [0, 0.05) is 13.1 Å². The molecule has 0 aromatic rings. The first-order valence-electron chi connectivity index (χ1n) is 5.33. The molecule has 2 heteroatoms. The molecule has 0 radical (unpaired) electrons. The third-order valence-electron chi connectivity index (χ3n) is 3.08. The van der Waals surface area contributed by atoms with E-state index in [4.69, 9.17) is 0 Å². The van der Waals surface area contributed by atoms with Crippen LogP contribution in [0.2, 0.25) is 0 Å². The standard InChI is InChI=1S/C11H17NO/c13-11(12-8-1-2-9-12)7-6-10-4-3-5-10/h6-7,10H,1-5,8-9H2/b7-6+. The van der Waals surface area contributed by atoms with Crippen LogP contribution in [-0.4, -0.2) is 23.9 Å². The third-order valence-corrected chi connectivity index (χ3v) is 3.08. The third kappa shape index (κ3) is 2.11. The van der Waals surface area contributed by atoms with E-state index in [-0.39, 0.29) is 5.91 Å². The number of carbonyl (C=O) groups excluding carboxylic acids is 1. The summed E-state index contributed by atoms with van der Waals surface area (Å²) in [4.78, 5) is 13.5. The molecule has 1 amide bonds. The summed E-state index contributed by atoms with van der Waals surface area (Å²) in [6.07, 6.45) is 10.2. The van der Waals surface area contributed by atoms with Crippen LogP contribution in [0.4, 0.5) is 0 Å². The maximum atomic E-state index is 11.5. The molecule has 2 aliphatic rings. The van der Waals surface area contributed by atoms with Gasteiger partial charge in [0.25, 0.3) is 0 Å². The Labute approximate surface area is 79.6 Å². The minimum Gasteiger partial charge on any atom is -0.339 e. The Morgan fingerprint density at radius 3 is 2.38 bits per heavy atom. The Morgan fingerprint density at radius 2 is 1.85 bits per heavy atom. The summed E-state index contributed by atoms with van der Waals surface area (Å²) in [6, 6.07) is 0. The predicted octanol–water partition coefficient (Wildman–Crippen LogP) is 1.97. The van der Waals surface area contributed by atoms with Gasteiger partial charge in [-0.3, -0.25) is 4.79 Å². The summed E-state index contributed by atoms with van der Waals surface area (Å²) < 4.78 is 0. The smallest absolute Gasteiger partial charge is 0.246 e. The molecule has 1 saturated heterocycles. The Hall–Kier alpha value is -0.790. The van der Waals surface area contributed by atoms with Crippen LogP contribution < -0.4 is 0 Å². The van der Waals surface area contributed by atoms with Crippen LogP contribution in [0.15, 0.2) is 12.2 Å². The molecule has 0 bridgehead atoms. The monoisotopic (exact) mass is 179 g/mol. The van der Waals surface area contributed by atoms with Crippen molar-refractivity contribution in [3.8, 4) is 0 Å². The number of likely N-dealkylation sites (tertiary alicyclic amines) is 1. The highest BCUT2D eigenvalue weighted by Gasteiger charge is 2.17. The van der Waals surface area contributed by atoms with E-state index in [1.54, 1.807) is 6.08 Å². The number of carbonyl (C=O) groups is 1. The van der Waals surface area contributed by atoms with Gasteiger partial charge in [0.2, 0.25) is 5.91 Å². The molecule has 0 aromatic heterocycles. The Kier molecular flexibility index (Phi) is 2.67. The fraction of sp³-hybridized carbons (Fsp3) is 0.727. The van der Waals surface area contributed by atoms with Gasteiger partial charge < -0.3 is 4.90 Å². The van der Waals surface area contributed by atoms with Crippen LogP contribution in [-0.2, 0) is 4.79 Å². The molecule has 1 heterocycles. The van der Waals surface area contributed by atoms with Crippen LogP contribution in [0.5, 0.6) is 0 Å². The van der Waals surface area contributed by atoms with Gasteiger partial charge in [-0.1, -0.05) is 12.5 Å². The lowest BCUT2D eigenvalue weighted by atomic mass is 9.85. The van der Waals surface area contributed by atoms with E-state index in [0.717, 1.165) is 13.1 Å². The Bertz CT molecular complexity index is 212. The summed E-state index contributed by atoms with van der Waals surface area (Å²) in [5.74, 6) is 0.927. The van der Waals surface area contributed by atoms with E-state index in [9.17, 15) is 4.79 Å². The average Bonchev–Trinajstić information content (AvgIpc) is 2.52. The van der Waals surface area contributed by atoms with Crippen molar-refractivity contribution in [1.29, 1.82) is 0 Å². The summed E-state index contributed by atoms with van der Waals surface area (Å²) in [7, 11) is 0. The van der Waals surface area contributed by atoms with Crippen molar-refractivity contribution in [3.63, 3.8) is 0 Å². The molecular weight excluding hydrogens is 162 g/mol. The predicted molar refractivity (Wildman–Crippen MR) is 52.3 cm³/mol. The lowest BCUT2D eigenvalue weighted by molar-refractivity contribution is -0.125. The van der Waals surface area contributed by atoms with E-state index < -0.39 is 0 Å². The number of rotatable bonds is 2. The second-order valence-electron chi connectivity index (χ2n) is 4.08. The molecule has 0 spiro atoms. The van der Waals surface area contributed by atoms with E-state index in [1.165, 1.54) is 32.1 Å². The zero-order chi connectivity index (χ0) is 9.10. The van der Waals surface area contributed by atoms with Crippen LogP contribution in [0.3, 0.4) is 0 Å². The van der Waals surface area contributed by atoms with Gasteiger partial charge in [-0.15, -0.1) is 0 Å². The van der Waals surface area contributed by atoms with Crippen LogP contribution in [0.1, 0.15) is 32.1 Å². The topological polar surface area (TPSA) is 20.3 Å². The number of nitrogens with zero attached hydrogens (tertiary/aromatic N) is 1. The molecular formula is C11H17NO. The minimum absolute atomic E-state index is 0.226. The number of allylic oxidation sites excluding steroid dienone is 1. The number of amides is 1. The second-order valence-corrected chi connectivity index (χ2v) is 4.08. The first-order valence-corrected chi connectivity index (χ1v) is 5.33. The number of hydrogen-bond acceptors (Lipinski definition) is 1. The summed E-state index contributed by atoms with van der Waals surface area (Å²) in [5, 5.41) is 0. The van der Waals surface area contributed by atoms with E-state index in [0.29, 0.717) is 5.92 Å². The SMILES string of the molecule is O=C(/C=C/C1CCC1)N1CCCC1. The van der Waals surface area contributed by atoms with Gasteiger partial charge in [0.1, 0.15) is 0 Å². The van der Waals surface area contributed by atoms with Crippen LogP contribution in [0, 0.1) is 5.92 Å². The highest BCUT2D eigenvalue weighted by Crippen LogP contribution is 2.27. The maximum absolute atomic E-state index is 11.5. The normalized spacial score (nSPS) is 23.8. The maximum Gasteiger partial charge on any atom is 0.246 e.